The molecular formula is C17H9BrCl2F3NO3. The zero-order valence-corrected chi connectivity index (χ0v) is 16.2. The molecule has 0 aliphatic carbocycles. The van der Waals surface area contributed by atoms with Crippen molar-refractivity contribution in [3.05, 3.63) is 67.6 Å². The SMILES string of the molecule is O=C(O)c1ccc(C2(C(F)(F)F)CC(c3cc(Cl)cc(Cl)c3)=NO2)cc1Br. The first-order chi connectivity index (χ1) is 12.5. The van der Waals surface area contributed by atoms with Crippen LogP contribution in [-0.4, -0.2) is 23.0 Å². The fraction of sp³-hybridized carbons (Fsp3) is 0.176. The number of nitrogens with zero attached hydrogens (tertiary/aromatic N) is 1. The molecule has 0 radical (unpaired) electrons. The number of carboxylic acid groups (broad SMARTS) is 1. The van der Waals surface area contributed by atoms with Crippen LogP contribution in [0.5, 0.6) is 0 Å². The summed E-state index contributed by atoms with van der Waals surface area (Å²) in [6, 6.07) is 7.52. The Hall–Kier alpha value is -1.77. The van der Waals surface area contributed by atoms with Crippen molar-refractivity contribution in [3.63, 3.8) is 0 Å². The van der Waals surface area contributed by atoms with E-state index in [1.54, 1.807) is 0 Å². The lowest BCUT2D eigenvalue weighted by Crippen LogP contribution is -2.42. The maximum atomic E-state index is 14.0. The normalized spacial score (nSPS) is 19.6. The van der Waals surface area contributed by atoms with Crippen molar-refractivity contribution in [2.24, 2.45) is 5.16 Å². The minimum atomic E-state index is -4.81. The summed E-state index contributed by atoms with van der Waals surface area (Å²) in [5.74, 6) is -1.27. The summed E-state index contributed by atoms with van der Waals surface area (Å²) in [4.78, 5) is 16.0. The molecule has 1 unspecified atom stereocenters. The third-order valence-corrected chi connectivity index (χ3v) is 5.14. The zero-order chi connectivity index (χ0) is 20.0. The lowest BCUT2D eigenvalue weighted by Gasteiger charge is -2.29. The number of rotatable bonds is 3. The number of aromatic carboxylic acids is 1. The Bertz CT molecular complexity index is 945. The smallest absolute Gasteiger partial charge is 0.435 e. The monoisotopic (exact) mass is 481 g/mol. The molecule has 10 heteroatoms. The Morgan fingerprint density at radius 3 is 2.33 bits per heavy atom. The van der Waals surface area contributed by atoms with Gasteiger partial charge in [0.05, 0.1) is 11.3 Å². The van der Waals surface area contributed by atoms with E-state index in [4.69, 9.17) is 33.1 Å². The van der Waals surface area contributed by atoms with Gasteiger partial charge in [0.1, 0.15) is 0 Å². The summed E-state index contributed by atoms with van der Waals surface area (Å²) in [6.45, 7) is 0. The van der Waals surface area contributed by atoms with Gasteiger partial charge in [-0.2, -0.15) is 13.2 Å². The highest BCUT2D eigenvalue weighted by Gasteiger charge is 2.62. The van der Waals surface area contributed by atoms with E-state index in [2.05, 4.69) is 21.1 Å². The molecule has 1 atom stereocenters. The quantitative estimate of drug-likeness (QED) is 0.580. The summed E-state index contributed by atoms with van der Waals surface area (Å²) in [6.07, 6.45) is -5.43. The van der Waals surface area contributed by atoms with Crippen LogP contribution in [0.2, 0.25) is 10.0 Å². The van der Waals surface area contributed by atoms with E-state index >= 15 is 0 Å². The summed E-state index contributed by atoms with van der Waals surface area (Å²) < 4.78 is 41.9. The van der Waals surface area contributed by atoms with Crippen molar-refractivity contribution >= 4 is 50.8 Å². The van der Waals surface area contributed by atoms with Crippen LogP contribution in [0.1, 0.15) is 27.9 Å². The molecule has 2 aromatic carbocycles. The molecule has 0 amide bonds. The van der Waals surface area contributed by atoms with Crippen molar-refractivity contribution in [3.8, 4) is 0 Å². The van der Waals surface area contributed by atoms with E-state index in [1.807, 2.05) is 0 Å². The van der Waals surface area contributed by atoms with Crippen molar-refractivity contribution in [1.82, 2.24) is 0 Å². The second kappa shape index (κ2) is 7.00. The van der Waals surface area contributed by atoms with E-state index in [0.717, 1.165) is 18.2 Å². The summed E-state index contributed by atoms with van der Waals surface area (Å²) in [5, 5.41) is 13.2. The molecule has 1 heterocycles. The molecule has 0 spiro atoms. The average molecular weight is 483 g/mol. The van der Waals surface area contributed by atoms with Gasteiger partial charge < -0.3 is 9.94 Å². The van der Waals surface area contributed by atoms with Gasteiger partial charge in [-0.1, -0.05) is 34.4 Å². The number of benzene rings is 2. The highest BCUT2D eigenvalue weighted by atomic mass is 79.9. The Balaban J connectivity index is 2.05. The third-order valence-electron chi connectivity index (χ3n) is 4.05. The maximum absolute atomic E-state index is 14.0. The summed E-state index contributed by atoms with van der Waals surface area (Å²) >= 11 is 14.8. The van der Waals surface area contributed by atoms with E-state index < -0.39 is 24.2 Å². The van der Waals surface area contributed by atoms with Gasteiger partial charge in [-0.3, -0.25) is 0 Å². The van der Waals surface area contributed by atoms with E-state index in [-0.39, 0.29) is 31.4 Å². The summed E-state index contributed by atoms with van der Waals surface area (Å²) in [7, 11) is 0. The van der Waals surface area contributed by atoms with Gasteiger partial charge in [0.2, 0.25) is 0 Å². The van der Waals surface area contributed by atoms with E-state index in [0.29, 0.717) is 5.56 Å². The minimum Gasteiger partial charge on any atom is -0.478 e. The van der Waals surface area contributed by atoms with Gasteiger partial charge in [0, 0.05) is 32.1 Å². The fourth-order valence-corrected chi connectivity index (χ4v) is 3.79. The highest BCUT2D eigenvalue weighted by molar-refractivity contribution is 9.10. The minimum absolute atomic E-state index is 0.000949. The molecule has 3 rings (SSSR count). The average Bonchev–Trinajstić information content (AvgIpc) is 3.00. The van der Waals surface area contributed by atoms with Crippen LogP contribution in [0, 0.1) is 0 Å². The highest BCUT2D eigenvalue weighted by Crippen LogP contribution is 2.49. The number of hydrogen-bond donors (Lipinski definition) is 1. The lowest BCUT2D eigenvalue weighted by atomic mass is 9.86. The third kappa shape index (κ3) is 3.66. The molecule has 1 aliphatic heterocycles. The molecule has 1 aliphatic rings. The Kier molecular flexibility index (Phi) is 5.18. The van der Waals surface area contributed by atoms with Crippen molar-refractivity contribution in [1.29, 1.82) is 0 Å². The zero-order valence-electron chi connectivity index (χ0n) is 13.1. The molecule has 1 N–H and O–H groups in total. The molecule has 0 fully saturated rings. The molecular weight excluding hydrogens is 474 g/mol. The molecule has 0 aromatic heterocycles. The first kappa shape index (κ1) is 20.0. The van der Waals surface area contributed by atoms with Gasteiger partial charge in [0.15, 0.2) is 0 Å². The number of halogens is 6. The van der Waals surface area contributed by atoms with Gasteiger partial charge in [-0.15, -0.1) is 0 Å². The lowest BCUT2D eigenvalue weighted by molar-refractivity contribution is -0.275. The van der Waals surface area contributed by atoms with Gasteiger partial charge in [0.25, 0.3) is 5.60 Å². The molecule has 0 saturated heterocycles. The number of alkyl halides is 3. The molecule has 27 heavy (non-hydrogen) atoms. The second-order valence-electron chi connectivity index (χ2n) is 5.79. The number of oxime groups is 1. The predicted molar refractivity (Wildman–Crippen MR) is 97.5 cm³/mol. The first-order valence-electron chi connectivity index (χ1n) is 7.35. The first-order valence-corrected chi connectivity index (χ1v) is 8.90. The van der Waals surface area contributed by atoms with Crippen LogP contribution in [0.15, 0.2) is 46.0 Å². The topological polar surface area (TPSA) is 58.9 Å². The second-order valence-corrected chi connectivity index (χ2v) is 7.52. The van der Waals surface area contributed by atoms with Crippen molar-refractivity contribution in [2.45, 2.75) is 18.2 Å². The van der Waals surface area contributed by atoms with Crippen LogP contribution >= 0.6 is 39.1 Å². The van der Waals surface area contributed by atoms with E-state index in [9.17, 15) is 18.0 Å². The number of hydrogen-bond acceptors (Lipinski definition) is 3. The molecule has 4 nitrogen and oxygen atoms in total. The van der Waals surface area contributed by atoms with Crippen molar-refractivity contribution < 1.29 is 27.9 Å². The van der Waals surface area contributed by atoms with Gasteiger partial charge in [-0.05, 0) is 46.3 Å². The predicted octanol–water partition coefficient (Wildman–Crippen LogP) is 6.04. The van der Waals surface area contributed by atoms with E-state index in [1.165, 1.54) is 18.2 Å². The number of carboxylic acids is 1. The summed E-state index contributed by atoms with van der Waals surface area (Å²) in [5.41, 5.74) is -2.87. The number of carbonyl (C=O) groups is 1. The van der Waals surface area contributed by atoms with Gasteiger partial charge >= 0.3 is 12.1 Å². The maximum Gasteiger partial charge on any atom is 0.435 e. The van der Waals surface area contributed by atoms with Crippen LogP contribution < -0.4 is 0 Å². The molecule has 0 saturated carbocycles. The van der Waals surface area contributed by atoms with Crippen molar-refractivity contribution in [2.75, 3.05) is 0 Å². The van der Waals surface area contributed by atoms with Crippen LogP contribution in [0.3, 0.4) is 0 Å². The Morgan fingerprint density at radius 1 is 1.19 bits per heavy atom. The van der Waals surface area contributed by atoms with Gasteiger partial charge in [-0.25, -0.2) is 4.79 Å². The molecule has 2 aromatic rings. The standard InChI is InChI=1S/C17H9BrCl2F3NO3/c18-13-5-9(1-2-12(13)15(25)26)16(17(21,22)23)7-14(24-27-16)8-3-10(19)6-11(20)4-8/h1-6H,7H2,(H,25,26). The largest absolute Gasteiger partial charge is 0.478 e. The van der Waals surface area contributed by atoms with Crippen LogP contribution in [-0.2, 0) is 10.4 Å². The Labute approximate surface area is 169 Å². The van der Waals surface area contributed by atoms with Crippen LogP contribution in [0.25, 0.3) is 0 Å². The fourth-order valence-electron chi connectivity index (χ4n) is 2.72. The molecule has 142 valence electrons. The molecule has 0 bridgehead atoms. The van der Waals surface area contributed by atoms with Crippen LogP contribution in [0.4, 0.5) is 13.2 Å². The Morgan fingerprint density at radius 2 is 1.81 bits per heavy atom.